The highest BCUT2D eigenvalue weighted by Gasteiger charge is 2.19. The molecule has 0 radical (unpaired) electrons. The molecular formula is C14H23ClN2+2. The van der Waals surface area contributed by atoms with E-state index in [9.17, 15) is 0 Å². The van der Waals surface area contributed by atoms with Crippen molar-refractivity contribution < 1.29 is 10.2 Å². The lowest BCUT2D eigenvalue weighted by Crippen LogP contribution is -3.10. The first-order valence-electron chi connectivity index (χ1n) is 6.68. The van der Waals surface area contributed by atoms with E-state index in [1.165, 1.54) is 44.5 Å². The molecule has 1 fully saturated rings. The third-order valence-electron chi connectivity index (χ3n) is 3.82. The number of rotatable bonds is 5. The maximum absolute atomic E-state index is 5.93. The summed E-state index contributed by atoms with van der Waals surface area (Å²) in [4.78, 5) is 1.78. The number of quaternary nitrogens is 2. The normalized spacial score (nSPS) is 18.5. The van der Waals surface area contributed by atoms with Crippen LogP contribution in [-0.4, -0.2) is 26.7 Å². The maximum atomic E-state index is 5.93. The molecule has 0 saturated carbocycles. The van der Waals surface area contributed by atoms with Gasteiger partial charge in [-0.2, -0.15) is 0 Å². The smallest absolute Gasteiger partial charge is 0.117 e. The summed E-state index contributed by atoms with van der Waals surface area (Å²) in [5.74, 6) is 0. The van der Waals surface area contributed by atoms with Gasteiger partial charge in [0.2, 0.25) is 0 Å². The summed E-state index contributed by atoms with van der Waals surface area (Å²) in [6.07, 6.45) is 4.08. The Bertz CT molecular complexity index is 331. The molecule has 0 aliphatic carbocycles. The predicted octanol–water partition coefficient (Wildman–Crippen LogP) is 0.643. The van der Waals surface area contributed by atoms with Crippen LogP contribution in [0.2, 0.25) is 5.02 Å². The minimum absolute atomic E-state index is 0.584. The Labute approximate surface area is 109 Å². The molecule has 0 bridgehead atoms. The van der Waals surface area contributed by atoms with Crippen molar-refractivity contribution in [1.29, 1.82) is 0 Å². The van der Waals surface area contributed by atoms with Gasteiger partial charge in [0.15, 0.2) is 0 Å². The number of hydrogen-bond acceptors (Lipinski definition) is 0. The number of likely N-dealkylation sites (tertiary alicyclic amines) is 1. The molecule has 0 amide bonds. The number of hydrogen-bond donors (Lipinski definition) is 2. The fourth-order valence-electron chi connectivity index (χ4n) is 2.72. The first-order valence-corrected chi connectivity index (χ1v) is 7.06. The van der Waals surface area contributed by atoms with Crippen LogP contribution in [0.1, 0.15) is 30.9 Å². The van der Waals surface area contributed by atoms with Crippen LogP contribution >= 0.6 is 11.6 Å². The number of benzene rings is 1. The van der Waals surface area contributed by atoms with E-state index in [4.69, 9.17) is 11.6 Å². The minimum atomic E-state index is 0.584. The van der Waals surface area contributed by atoms with Crippen molar-refractivity contribution >= 4 is 11.6 Å². The van der Waals surface area contributed by atoms with E-state index in [1.54, 1.807) is 4.90 Å². The Balaban J connectivity index is 1.89. The largest absolute Gasteiger partial charge is 0.342 e. The lowest BCUT2D eigenvalue weighted by Gasteiger charge is -2.17. The summed E-state index contributed by atoms with van der Waals surface area (Å²) >= 11 is 5.93. The Morgan fingerprint density at radius 3 is 2.47 bits per heavy atom. The van der Waals surface area contributed by atoms with Crippen LogP contribution in [0.25, 0.3) is 0 Å². The van der Waals surface area contributed by atoms with Crippen molar-refractivity contribution in [2.24, 2.45) is 0 Å². The first-order chi connectivity index (χ1) is 8.29. The van der Waals surface area contributed by atoms with Crippen LogP contribution in [-0.2, 0) is 0 Å². The second-order valence-corrected chi connectivity index (χ2v) is 5.42. The van der Waals surface area contributed by atoms with Crippen LogP contribution < -0.4 is 10.2 Å². The molecule has 1 saturated heterocycles. The maximum Gasteiger partial charge on any atom is 0.117 e. The number of nitrogens with one attached hydrogen (secondary N) is 1. The van der Waals surface area contributed by atoms with Gasteiger partial charge in [-0.15, -0.1) is 0 Å². The second kappa shape index (κ2) is 6.39. The molecule has 0 aromatic heterocycles. The van der Waals surface area contributed by atoms with Gasteiger partial charge in [-0.25, -0.2) is 0 Å². The van der Waals surface area contributed by atoms with Gasteiger partial charge < -0.3 is 10.2 Å². The van der Waals surface area contributed by atoms with Gasteiger partial charge in [-0.1, -0.05) is 23.7 Å². The predicted molar refractivity (Wildman–Crippen MR) is 71.5 cm³/mol. The Morgan fingerprint density at radius 1 is 1.24 bits per heavy atom. The van der Waals surface area contributed by atoms with Crippen molar-refractivity contribution in [3.8, 4) is 0 Å². The summed E-state index contributed by atoms with van der Waals surface area (Å²) in [6.45, 7) is 4.05. The van der Waals surface area contributed by atoms with E-state index in [0.717, 1.165) is 5.02 Å². The molecule has 0 unspecified atom stereocenters. The molecule has 1 aromatic carbocycles. The summed E-state index contributed by atoms with van der Waals surface area (Å²) < 4.78 is 0. The monoisotopic (exact) mass is 254 g/mol. The molecule has 3 N–H and O–H groups in total. The highest BCUT2D eigenvalue weighted by Crippen LogP contribution is 2.15. The average molecular weight is 255 g/mol. The van der Waals surface area contributed by atoms with Crippen LogP contribution in [0.15, 0.2) is 24.3 Å². The fourth-order valence-corrected chi connectivity index (χ4v) is 2.85. The van der Waals surface area contributed by atoms with E-state index in [1.807, 2.05) is 12.1 Å². The summed E-state index contributed by atoms with van der Waals surface area (Å²) in [5, 5.41) is 3.15. The molecule has 2 nitrogen and oxygen atoms in total. The van der Waals surface area contributed by atoms with Crippen molar-refractivity contribution in [3.05, 3.63) is 34.9 Å². The molecule has 0 spiro atoms. The van der Waals surface area contributed by atoms with Gasteiger partial charge in [0, 0.05) is 23.4 Å². The number of nitrogens with two attached hydrogens (primary N) is 1. The van der Waals surface area contributed by atoms with Crippen LogP contribution in [0, 0.1) is 0 Å². The van der Waals surface area contributed by atoms with Gasteiger partial charge in [-0.3, -0.25) is 0 Å². The fraction of sp³-hybridized carbons (Fsp3) is 0.571. The van der Waals surface area contributed by atoms with E-state index in [0.29, 0.717) is 6.04 Å². The Morgan fingerprint density at radius 2 is 1.88 bits per heavy atom. The van der Waals surface area contributed by atoms with Gasteiger partial charge in [0.1, 0.15) is 6.04 Å². The number of halogens is 1. The molecule has 1 aliphatic heterocycles. The Hall–Kier alpha value is -0.570. The SMILES string of the molecule is C[NH2+][C@@H](CC[NH+]1CCCC1)c1ccc(Cl)cc1. The van der Waals surface area contributed by atoms with E-state index < -0.39 is 0 Å². The third kappa shape index (κ3) is 3.70. The summed E-state index contributed by atoms with van der Waals surface area (Å²) in [7, 11) is 2.17. The van der Waals surface area contributed by atoms with Gasteiger partial charge >= 0.3 is 0 Å². The summed E-state index contributed by atoms with van der Waals surface area (Å²) in [6, 6.07) is 8.89. The lowest BCUT2D eigenvalue weighted by atomic mass is 10.0. The third-order valence-corrected chi connectivity index (χ3v) is 4.07. The van der Waals surface area contributed by atoms with Crippen molar-refractivity contribution in [2.45, 2.75) is 25.3 Å². The zero-order chi connectivity index (χ0) is 12.1. The quantitative estimate of drug-likeness (QED) is 0.770. The topological polar surface area (TPSA) is 21.1 Å². The second-order valence-electron chi connectivity index (χ2n) is 4.99. The molecule has 3 heteroatoms. The molecule has 1 heterocycles. The van der Waals surface area contributed by atoms with Crippen molar-refractivity contribution in [1.82, 2.24) is 0 Å². The zero-order valence-electron chi connectivity index (χ0n) is 10.6. The van der Waals surface area contributed by atoms with Gasteiger partial charge in [0.25, 0.3) is 0 Å². The van der Waals surface area contributed by atoms with E-state index in [2.05, 4.69) is 24.5 Å². The molecule has 1 aliphatic rings. The molecule has 2 rings (SSSR count). The van der Waals surface area contributed by atoms with Crippen molar-refractivity contribution in [2.75, 3.05) is 26.7 Å². The Kier molecular flexibility index (Phi) is 4.84. The first kappa shape index (κ1) is 12.9. The van der Waals surface area contributed by atoms with Gasteiger partial charge in [-0.05, 0) is 12.1 Å². The minimum Gasteiger partial charge on any atom is -0.342 e. The van der Waals surface area contributed by atoms with Crippen LogP contribution in [0.3, 0.4) is 0 Å². The molecule has 94 valence electrons. The molecular weight excluding hydrogens is 232 g/mol. The van der Waals surface area contributed by atoms with Crippen LogP contribution in [0.5, 0.6) is 0 Å². The van der Waals surface area contributed by atoms with Crippen LogP contribution in [0.4, 0.5) is 0 Å². The molecule has 1 aromatic rings. The zero-order valence-corrected chi connectivity index (χ0v) is 11.3. The molecule has 1 atom stereocenters. The highest BCUT2D eigenvalue weighted by molar-refractivity contribution is 6.30. The lowest BCUT2D eigenvalue weighted by molar-refractivity contribution is -0.890. The van der Waals surface area contributed by atoms with Crippen molar-refractivity contribution in [3.63, 3.8) is 0 Å². The van der Waals surface area contributed by atoms with E-state index >= 15 is 0 Å². The standard InChI is InChI=1S/C14H21ClN2/c1-16-14(8-11-17-9-2-3-10-17)12-4-6-13(15)7-5-12/h4-7,14,16H,2-3,8-11H2,1H3/p+2/t14-/m0/s1. The molecule has 17 heavy (non-hydrogen) atoms. The summed E-state index contributed by atoms with van der Waals surface area (Å²) in [5.41, 5.74) is 1.40. The average Bonchev–Trinajstić information content (AvgIpc) is 2.85. The highest BCUT2D eigenvalue weighted by atomic mass is 35.5. The van der Waals surface area contributed by atoms with Gasteiger partial charge in [0.05, 0.1) is 33.1 Å². The van der Waals surface area contributed by atoms with E-state index in [-0.39, 0.29) is 0 Å².